The molecule has 5 heteroatoms. The lowest BCUT2D eigenvalue weighted by Gasteiger charge is -2.06. The molecule has 0 saturated carbocycles. The third kappa shape index (κ3) is 3.51. The molecular weight excluding hydrogens is 264 g/mol. The van der Waals surface area contributed by atoms with E-state index in [2.05, 4.69) is 0 Å². The number of hydrogen-bond acceptors (Lipinski definition) is 3. The molecule has 20 heavy (non-hydrogen) atoms. The number of nitrogens with zero attached hydrogens (tertiary/aromatic N) is 1. The summed E-state index contributed by atoms with van der Waals surface area (Å²) in [5.41, 5.74) is 0.272. The Bertz CT molecular complexity index is 600. The molecule has 1 aromatic carbocycles. The van der Waals surface area contributed by atoms with Gasteiger partial charge < -0.3 is 9.32 Å². The SMILES string of the molecule is CN(C)CCC(=O)c1ccc(-c2cc(F)cc(F)c2)o1. The highest BCUT2D eigenvalue weighted by Crippen LogP contribution is 2.24. The number of carbonyl (C=O) groups excluding carboxylic acids is 1. The second-order valence-corrected chi connectivity index (χ2v) is 4.80. The van der Waals surface area contributed by atoms with E-state index < -0.39 is 11.6 Å². The van der Waals surface area contributed by atoms with Gasteiger partial charge in [-0.05, 0) is 38.4 Å². The smallest absolute Gasteiger partial charge is 0.199 e. The lowest BCUT2D eigenvalue weighted by Crippen LogP contribution is -2.16. The highest BCUT2D eigenvalue weighted by Gasteiger charge is 2.13. The van der Waals surface area contributed by atoms with Crippen molar-refractivity contribution in [3.05, 3.63) is 47.7 Å². The van der Waals surface area contributed by atoms with Gasteiger partial charge in [0, 0.05) is 24.6 Å². The molecule has 0 saturated heterocycles. The van der Waals surface area contributed by atoms with Gasteiger partial charge in [-0.2, -0.15) is 0 Å². The summed E-state index contributed by atoms with van der Waals surface area (Å²) < 4.78 is 31.6. The van der Waals surface area contributed by atoms with Crippen LogP contribution in [-0.2, 0) is 0 Å². The van der Waals surface area contributed by atoms with E-state index in [4.69, 9.17) is 4.42 Å². The molecule has 2 aromatic rings. The Labute approximate surface area is 115 Å². The summed E-state index contributed by atoms with van der Waals surface area (Å²) in [5, 5.41) is 0. The van der Waals surface area contributed by atoms with Crippen molar-refractivity contribution in [3.8, 4) is 11.3 Å². The summed E-state index contributed by atoms with van der Waals surface area (Å²) in [6.07, 6.45) is 0.331. The fourth-order valence-corrected chi connectivity index (χ4v) is 1.79. The number of halogens is 2. The van der Waals surface area contributed by atoms with Crippen molar-refractivity contribution in [2.45, 2.75) is 6.42 Å². The summed E-state index contributed by atoms with van der Waals surface area (Å²) in [6.45, 7) is 0.615. The molecule has 106 valence electrons. The van der Waals surface area contributed by atoms with Crippen LogP contribution >= 0.6 is 0 Å². The van der Waals surface area contributed by atoms with Gasteiger partial charge in [-0.15, -0.1) is 0 Å². The Morgan fingerprint density at radius 1 is 1.15 bits per heavy atom. The normalized spacial score (nSPS) is 11.1. The molecule has 0 atom stereocenters. The van der Waals surface area contributed by atoms with Crippen LogP contribution in [0.5, 0.6) is 0 Å². The molecule has 1 aromatic heterocycles. The standard InChI is InChI=1S/C15H15F2NO2/c1-18(2)6-5-13(19)15-4-3-14(20-15)10-7-11(16)9-12(17)8-10/h3-4,7-9H,5-6H2,1-2H3. The van der Waals surface area contributed by atoms with E-state index in [9.17, 15) is 13.6 Å². The van der Waals surface area contributed by atoms with Crippen LogP contribution in [0.1, 0.15) is 17.0 Å². The summed E-state index contributed by atoms with van der Waals surface area (Å²) in [5.74, 6) is -1.03. The minimum atomic E-state index is -0.683. The summed E-state index contributed by atoms with van der Waals surface area (Å²) in [6, 6.07) is 6.18. The Kier molecular flexibility index (Phi) is 4.29. The number of rotatable bonds is 5. The molecule has 0 amide bonds. The second kappa shape index (κ2) is 5.96. The fraction of sp³-hybridized carbons (Fsp3) is 0.267. The van der Waals surface area contributed by atoms with Crippen LogP contribution in [0.2, 0.25) is 0 Å². The lowest BCUT2D eigenvalue weighted by molar-refractivity contribution is 0.0946. The van der Waals surface area contributed by atoms with Crippen LogP contribution in [0.25, 0.3) is 11.3 Å². The molecule has 0 fully saturated rings. The Morgan fingerprint density at radius 3 is 2.40 bits per heavy atom. The van der Waals surface area contributed by atoms with E-state index in [1.54, 1.807) is 0 Å². The topological polar surface area (TPSA) is 33.5 Å². The third-order valence-corrected chi connectivity index (χ3v) is 2.81. The van der Waals surface area contributed by atoms with Crippen LogP contribution in [0.15, 0.2) is 34.7 Å². The number of furan rings is 1. The van der Waals surface area contributed by atoms with E-state index in [1.807, 2.05) is 19.0 Å². The van der Waals surface area contributed by atoms with Gasteiger partial charge in [-0.3, -0.25) is 4.79 Å². The van der Waals surface area contributed by atoms with E-state index in [0.717, 1.165) is 18.2 Å². The van der Waals surface area contributed by atoms with E-state index in [-0.39, 0.29) is 22.9 Å². The van der Waals surface area contributed by atoms with Gasteiger partial charge >= 0.3 is 0 Å². The molecule has 0 radical (unpaired) electrons. The van der Waals surface area contributed by atoms with Crippen LogP contribution < -0.4 is 0 Å². The summed E-state index contributed by atoms with van der Waals surface area (Å²) >= 11 is 0. The Hall–Kier alpha value is -2.01. The van der Waals surface area contributed by atoms with Crippen LogP contribution in [0, 0.1) is 11.6 Å². The first-order chi connectivity index (χ1) is 9.45. The maximum absolute atomic E-state index is 13.1. The highest BCUT2D eigenvalue weighted by atomic mass is 19.1. The number of ketones is 1. The maximum Gasteiger partial charge on any atom is 0.199 e. The lowest BCUT2D eigenvalue weighted by atomic mass is 10.1. The molecule has 3 nitrogen and oxygen atoms in total. The van der Waals surface area contributed by atoms with E-state index >= 15 is 0 Å². The number of Topliss-reactive ketones (excluding diaryl/α,β-unsaturated/α-hetero) is 1. The van der Waals surface area contributed by atoms with Crippen LogP contribution in [0.3, 0.4) is 0 Å². The van der Waals surface area contributed by atoms with Gasteiger partial charge in [0.1, 0.15) is 17.4 Å². The molecule has 0 spiro atoms. The Balaban J connectivity index is 2.18. The largest absolute Gasteiger partial charge is 0.453 e. The highest BCUT2D eigenvalue weighted by molar-refractivity contribution is 5.94. The van der Waals surface area contributed by atoms with Crippen molar-refractivity contribution in [1.82, 2.24) is 4.90 Å². The molecule has 0 N–H and O–H groups in total. The minimum absolute atomic E-state index is 0.137. The molecule has 2 rings (SSSR count). The molecule has 0 unspecified atom stereocenters. The van der Waals surface area contributed by atoms with Gasteiger partial charge in [0.25, 0.3) is 0 Å². The monoisotopic (exact) mass is 279 g/mol. The van der Waals surface area contributed by atoms with Gasteiger partial charge in [0.2, 0.25) is 0 Å². The molecule has 0 aliphatic heterocycles. The third-order valence-electron chi connectivity index (χ3n) is 2.81. The van der Waals surface area contributed by atoms with E-state index in [1.165, 1.54) is 12.1 Å². The number of carbonyl (C=O) groups is 1. The molecule has 0 bridgehead atoms. The zero-order valence-corrected chi connectivity index (χ0v) is 11.3. The first-order valence-electron chi connectivity index (χ1n) is 6.20. The van der Waals surface area contributed by atoms with Crippen molar-refractivity contribution in [1.29, 1.82) is 0 Å². The first-order valence-corrected chi connectivity index (χ1v) is 6.20. The predicted octanol–water partition coefficient (Wildman–Crippen LogP) is 3.36. The fourth-order valence-electron chi connectivity index (χ4n) is 1.79. The molecular formula is C15H15F2NO2. The summed E-state index contributed by atoms with van der Waals surface area (Å²) in [4.78, 5) is 13.8. The average molecular weight is 279 g/mol. The molecule has 0 aliphatic rings. The van der Waals surface area contributed by atoms with Crippen molar-refractivity contribution in [2.24, 2.45) is 0 Å². The molecule has 0 aliphatic carbocycles. The maximum atomic E-state index is 13.1. The molecule has 1 heterocycles. The second-order valence-electron chi connectivity index (χ2n) is 4.80. The minimum Gasteiger partial charge on any atom is -0.453 e. The average Bonchev–Trinajstić information content (AvgIpc) is 2.84. The zero-order chi connectivity index (χ0) is 14.7. The Morgan fingerprint density at radius 2 is 1.80 bits per heavy atom. The number of hydrogen-bond donors (Lipinski definition) is 0. The van der Waals surface area contributed by atoms with Crippen molar-refractivity contribution in [2.75, 3.05) is 20.6 Å². The quantitative estimate of drug-likeness (QED) is 0.787. The predicted molar refractivity (Wildman–Crippen MR) is 71.6 cm³/mol. The van der Waals surface area contributed by atoms with Gasteiger partial charge in [-0.1, -0.05) is 0 Å². The van der Waals surface area contributed by atoms with Crippen LogP contribution in [0.4, 0.5) is 8.78 Å². The van der Waals surface area contributed by atoms with Crippen molar-refractivity contribution < 1.29 is 18.0 Å². The van der Waals surface area contributed by atoms with Crippen LogP contribution in [-0.4, -0.2) is 31.3 Å². The van der Waals surface area contributed by atoms with E-state index in [0.29, 0.717) is 13.0 Å². The first kappa shape index (κ1) is 14.4. The van der Waals surface area contributed by atoms with Crippen molar-refractivity contribution >= 4 is 5.78 Å². The van der Waals surface area contributed by atoms with Crippen molar-refractivity contribution in [3.63, 3.8) is 0 Å². The zero-order valence-electron chi connectivity index (χ0n) is 11.3. The van der Waals surface area contributed by atoms with Gasteiger partial charge in [0.05, 0.1) is 0 Å². The van der Waals surface area contributed by atoms with Gasteiger partial charge in [-0.25, -0.2) is 8.78 Å². The number of benzene rings is 1. The van der Waals surface area contributed by atoms with Gasteiger partial charge in [0.15, 0.2) is 11.5 Å². The summed E-state index contributed by atoms with van der Waals surface area (Å²) in [7, 11) is 3.74.